The van der Waals surface area contributed by atoms with Gasteiger partial charge >= 0.3 is 0 Å². The first-order chi connectivity index (χ1) is 12.7. The van der Waals surface area contributed by atoms with Crippen LogP contribution in [0.3, 0.4) is 0 Å². The van der Waals surface area contributed by atoms with Gasteiger partial charge in [-0.25, -0.2) is 5.32 Å². The summed E-state index contributed by atoms with van der Waals surface area (Å²) in [5.41, 5.74) is 3.60. The van der Waals surface area contributed by atoms with Gasteiger partial charge in [0.1, 0.15) is 6.54 Å². The molecule has 2 aromatic carbocycles. The molecule has 3 rings (SSSR count). The Morgan fingerprint density at radius 1 is 1.00 bits per heavy atom. The second-order valence-corrected chi connectivity index (χ2v) is 7.42. The van der Waals surface area contributed by atoms with Crippen LogP contribution in [-0.2, 0) is 6.54 Å². The van der Waals surface area contributed by atoms with Gasteiger partial charge < -0.3 is 5.32 Å². The molecule has 136 valence electrons. The van der Waals surface area contributed by atoms with Crippen LogP contribution in [0, 0.1) is 6.92 Å². The average molecular weight is 367 g/mol. The minimum Gasteiger partial charge on any atom is -0.341 e. The van der Waals surface area contributed by atoms with Crippen molar-refractivity contribution in [3.8, 4) is 0 Å². The normalized spacial score (nSPS) is 15.5. The second-order valence-electron chi connectivity index (χ2n) is 7.01. The molecular formula is C22H28N3S+. The van der Waals surface area contributed by atoms with Crippen molar-refractivity contribution in [2.24, 2.45) is 0 Å². The Labute approximate surface area is 161 Å². The van der Waals surface area contributed by atoms with Crippen molar-refractivity contribution in [1.29, 1.82) is 0 Å². The highest BCUT2D eigenvalue weighted by atomic mass is 32.1. The second kappa shape index (κ2) is 9.48. The van der Waals surface area contributed by atoms with Gasteiger partial charge in [0.15, 0.2) is 0 Å². The molecule has 1 aliphatic rings. The lowest BCUT2D eigenvalue weighted by molar-refractivity contribution is -0.476. The van der Waals surface area contributed by atoms with Crippen LogP contribution >= 0.6 is 12.2 Å². The number of aryl methyl sites for hydroxylation is 1. The number of thiocarbonyl (C=S) groups is 1. The molecule has 0 atom stereocenters. The summed E-state index contributed by atoms with van der Waals surface area (Å²) in [5.74, 6) is 0.946. The van der Waals surface area contributed by atoms with Crippen LogP contribution in [0.15, 0.2) is 54.6 Å². The molecule has 0 saturated heterocycles. The molecule has 3 N–H and O–H groups in total. The zero-order valence-corrected chi connectivity index (χ0v) is 16.2. The number of rotatable bonds is 4. The number of hydrogen-bond donors (Lipinski definition) is 3. The summed E-state index contributed by atoms with van der Waals surface area (Å²) in [6.07, 6.45) is 6.35. The summed E-state index contributed by atoms with van der Waals surface area (Å²) in [7, 11) is 0. The Hall–Kier alpha value is -2.20. The van der Waals surface area contributed by atoms with Gasteiger partial charge in [0.25, 0.3) is 10.9 Å². The molecule has 0 unspecified atom stereocenters. The highest BCUT2D eigenvalue weighted by Crippen LogP contribution is 2.17. The molecule has 2 aromatic rings. The quantitative estimate of drug-likeness (QED) is 0.443. The Morgan fingerprint density at radius 2 is 1.69 bits per heavy atom. The van der Waals surface area contributed by atoms with E-state index in [0.717, 1.165) is 17.9 Å². The average Bonchev–Trinajstić information content (AvgIpc) is 2.67. The Bertz CT molecular complexity index is 732. The van der Waals surface area contributed by atoms with Gasteiger partial charge in [0, 0.05) is 6.04 Å². The van der Waals surface area contributed by atoms with Gasteiger partial charge in [0.05, 0.1) is 5.56 Å². The lowest BCUT2D eigenvalue weighted by Crippen LogP contribution is -2.75. The molecule has 0 aromatic heterocycles. The molecule has 0 spiro atoms. The van der Waals surface area contributed by atoms with Gasteiger partial charge in [0.2, 0.25) is 0 Å². The van der Waals surface area contributed by atoms with Gasteiger partial charge in [-0.15, -0.1) is 0 Å². The fourth-order valence-corrected chi connectivity index (χ4v) is 3.58. The van der Waals surface area contributed by atoms with E-state index in [4.69, 9.17) is 12.2 Å². The minimum atomic E-state index is 0.497. The third kappa shape index (κ3) is 5.67. The Balaban J connectivity index is 1.71. The van der Waals surface area contributed by atoms with E-state index < -0.39 is 0 Å². The summed E-state index contributed by atoms with van der Waals surface area (Å²) in [5, 5.41) is 7.59. The molecule has 0 radical (unpaired) electrons. The third-order valence-corrected chi connectivity index (χ3v) is 5.05. The predicted octanol–water partition coefficient (Wildman–Crippen LogP) is 2.82. The summed E-state index contributed by atoms with van der Waals surface area (Å²) in [6.45, 7) is 2.85. The van der Waals surface area contributed by atoms with Crippen molar-refractivity contribution in [1.82, 2.24) is 10.6 Å². The van der Waals surface area contributed by atoms with E-state index in [2.05, 4.69) is 71.1 Å². The zero-order valence-electron chi connectivity index (χ0n) is 15.4. The number of hydrogen-bond acceptors (Lipinski definition) is 1. The van der Waals surface area contributed by atoms with E-state index in [0.29, 0.717) is 11.2 Å². The maximum Gasteiger partial charge on any atom is 0.282 e. The number of benzene rings is 2. The van der Waals surface area contributed by atoms with E-state index in [1.807, 2.05) is 6.07 Å². The summed E-state index contributed by atoms with van der Waals surface area (Å²) in [4.78, 5) is 3.52. The molecule has 0 bridgehead atoms. The highest BCUT2D eigenvalue weighted by molar-refractivity contribution is 7.80. The van der Waals surface area contributed by atoms with E-state index in [1.54, 1.807) is 0 Å². The summed E-state index contributed by atoms with van der Waals surface area (Å²) < 4.78 is 0. The lowest BCUT2D eigenvalue weighted by Gasteiger charge is -2.22. The van der Waals surface area contributed by atoms with E-state index in [1.165, 1.54) is 43.2 Å². The van der Waals surface area contributed by atoms with Gasteiger partial charge in [-0.05, 0) is 49.7 Å². The van der Waals surface area contributed by atoms with Crippen LogP contribution in [-0.4, -0.2) is 17.0 Å². The van der Waals surface area contributed by atoms with Crippen LogP contribution in [0.25, 0.3) is 0 Å². The molecule has 1 saturated carbocycles. The summed E-state index contributed by atoms with van der Waals surface area (Å²) >= 11 is 5.58. The minimum absolute atomic E-state index is 0.497. The van der Waals surface area contributed by atoms with E-state index in [9.17, 15) is 0 Å². The van der Waals surface area contributed by atoms with Crippen molar-refractivity contribution in [3.63, 3.8) is 0 Å². The maximum atomic E-state index is 5.58. The maximum absolute atomic E-state index is 5.58. The van der Waals surface area contributed by atoms with Gasteiger partial charge in [-0.2, -0.15) is 0 Å². The van der Waals surface area contributed by atoms with Crippen molar-refractivity contribution in [2.45, 2.75) is 51.6 Å². The molecule has 0 heterocycles. The molecule has 1 fully saturated rings. The lowest BCUT2D eigenvalue weighted by atomic mass is 9.96. The largest absolute Gasteiger partial charge is 0.341 e. The standard InChI is InChI=1S/C22H27N3S/c1-17-12-14-19(15-13-17)21(23-16-18-8-4-2-5-9-18)25-22(26)24-20-10-6-3-7-11-20/h2,4-5,8-9,12-15,20H,3,6-7,10-11,16H2,1H3,(H2,23,24,25,26)/p+1. The molecule has 4 heteroatoms. The SMILES string of the molecule is Cc1ccc(C(NC(=S)NC2CCCCC2)=[NH+]Cc2ccccc2)cc1. The van der Waals surface area contributed by atoms with Gasteiger partial charge in [-0.3, -0.25) is 4.99 Å². The molecule has 1 aliphatic carbocycles. The monoisotopic (exact) mass is 366 g/mol. The molecular weight excluding hydrogens is 338 g/mol. The smallest absolute Gasteiger partial charge is 0.282 e. The molecule has 3 nitrogen and oxygen atoms in total. The Kier molecular flexibility index (Phi) is 6.78. The van der Waals surface area contributed by atoms with Crippen molar-refractivity contribution >= 4 is 23.2 Å². The van der Waals surface area contributed by atoms with Crippen molar-refractivity contribution in [2.75, 3.05) is 0 Å². The van der Waals surface area contributed by atoms with Gasteiger partial charge in [-0.1, -0.05) is 67.3 Å². The number of nitrogens with one attached hydrogen (secondary N) is 3. The van der Waals surface area contributed by atoms with E-state index in [-0.39, 0.29) is 0 Å². The number of amidine groups is 1. The van der Waals surface area contributed by atoms with Crippen LogP contribution in [0.4, 0.5) is 0 Å². The van der Waals surface area contributed by atoms with Crippen LogP contribution in [0.2, 0.25) is 0 Å². The molecule has 0 aliphatic heterocycles. The van der Waals surface area contributed by atoms with Crippen LogP contribution in [0.1, 0.15) is 48.8 Å². The highest BCUT2D eigenvalue weighted by Gasteiger charge is 2.18. The fraction of sp³-hybridized carbons (Fsp3) is 0.364. The first kappa shape index (κ1) is 18.6. The van der Waals surface area contributed by atoms with E-state index >= 15 is 0 Å². The molecule has 26 heavy (non-hydrogen) atoms. The first-order valence-corrected chi connectivity index (χ1v) is 9.91. The van der Waals surface area contributed by atoms with Crippen molar-refractivity contribution < 1.29 is 4.99 Å². The third-order valence-electron chi connectivity index (χ3n) is 4.83. The topological polar surface area (TPSA) is 38.0 Å². The molecule has 0 amide bonds. The van der Waals surface area contributed by atoms with Crippen LogP contribution < -0.4 is 15.6 Å². The Morgan fingerprint density at radius 3 is 2.38 bits per heavy atom. The van der Waals surface area contributed by atoms with Crippen molar-refractivity contribution in [3.05, 3.63) is 71.3 Å². The summed E-state index contributed by atoms with van der Waals surface area (Å²) in [6, 6.07) is 19.4. The fourth-order valence-electron chi connectivity index (χ4n) is 3.31. The van der Waals surface area contributed by atoms with Crippen LogP contribution in [0.5, 0.6) is 0 Å². The zero-order chi connectivity index (χ0) is 18.2. The predicted molar refractivity (Wildman–Crippen MR) is 112 cm³/mol. The first-order valence-electron chi connectivity index (χ1n) is 9.50.